The van der Waals surface area contributed by atoms with Crippen LogP contribution in [-0.2, 0) is 19.5 Å². The van der Waals surface area contributed by atoms with Crippen LogP contribution in [0.4, 0.5) is 5.69 Å². The molecule has 2 heterocycles. The lowest BCUT2D eigenvalue weighted by atomic mass is 9.97. The van der Waals surface area contributed by atoms with E-state index in [0.29, 0.717) is 30.1 Å². The number of aromatic nitrogens is 2. The van der Waals surface area contributed by atoms with Crippen LogP contribution in [0.25, 0.3) is 11.3 Å². The summed E-state index contributed by atoms with van der Waals surface area (Å²) in [6.07, 6.45) is 0.763. The molecule has 162 valence electrons. The lowest BCUT2D eigenvalue weighted by Gasteiger charge is -2.24. The van der Waals surface area contributed by atoms with E-state index in [1.807, 2.05) is 29.7 Å². The molecule has 4 rings (SSSR count). The lowest BCUT2D eigenvalue weighted by molar-refractivity contribution is 0.354. The van der Waals surface area contributed by atoms with E-state index >= 15 is 0 Å². The van der Waals surface area contributed by atoms with E-state index in [-0.39, 0.29) is 5.69 Å². The fraction of sp³-hybridized carbons (Fsp3) is 0.360. The number of rotatable bonds is 4. The molecular formula is C25H29N3O3. The largest absolute Gasteiger partial charge is 0.493 e. The van der Waals surface area contributed by atoms with E-state index in [0.717, 1.165) is 40.1 Å². The van der Waals surface area contributed by atoms with Gasteiger partial charge in [0.15, 0.2) is 11.5 Å². The third-order valence-corrected chi connectivity index (χ3v) is 5.96. The first-order chi connectivity index (χ1) is 14.9. The molecule has 0 unspecified atom stereocenters. The molecule has 0 amide bonds. The van der Waals surface area contributed by atoms with Crippen LogP contribution in [0.2, 0.25) is 0 Å². The van der Waals surface area contributed by atoms with Crippen molar-refractivity contribution in [2.75, 3.05) is 14.2 Å². The molecule has 2 aromatic carbocycles. The number of fused-ring (bicyclic) bond motifs is 3. The second kappa shape index (κ2) is 8.10. The molecule has 0 aliphatic carbocycles. The van der Waals surface area contributed by atoms with Crippen molar-refractivity contribution in [3.63, 3.8) is 0 Å². The molecule has 0 radical (unpaired) electrons. The smallest absolute Gasteiger partial charge is 0.330 e. The Hall–Kier alpha value is -3.28. The number of hydrogen-bond donors (Lipinski definition) is 0. The molecule has 0 saturated carbocycles. The third kappa shape index (κ3) is 3.56. The quantitative estimate of drug-likeness (QED) is 0.641. The van der Waals surface area contributed by atoms with Crippen LogP contribution in [0.1, 0.15) is 29.2 Å². The van der Waals surface area contributed by atoms with E-state index in [1.54, 1.807) is 18.8 Å². The Morgan fingerprint density at radius 2 is 1.61 bits per heavy atom. The van der Waals surface area contributed by atoms with E-state index in [9.17, 15) is 4.79 Å². The minimum absolute atomic E-state index is 0.0402. The van der Waals surface area contributed by atoms with Crippen molar-refractivity contribution in [1.82, 2.24) is 9.13 Å². The normalized spacial score (nSPS) is 13.0. The van der Waals surface area contributed by atoms with Crippen molar-refractivity contribution in [3.05, 3.63) is 68.6 Å². The highest BCUT2D eigenvalue weighted by atomic mass is 16.5. The zero-order chi connectivity index (χ0) is 22.3. The summed E-state index contributed by atoms with van der Waals surface area (Å²) in [5.41, 5.74) is 7.93. The standard InChI is InChI=1S/C25H29N3O3/c1-7-27-23(26-24-16(3)10-15(2)11-17(24)4)14-20-19-13-22(31-6)21(30-5)12-18(19)8-9-28(20)25(27)29/h10-14H,7-9H2,1-6H3/b26-23+. The fourth-order valence-electron chi connectivity index (χ4n) is 4.52. The Morgan fingerprint density at radius 1 is 0.968 bits per heavy atom. The molecule has 1 aromatic heterocycles. The Bertz CT molecular complexity index is 1280. The summed E-state index contributed by atoms with van der Waals surface area (Å²) >= 11 is 0. The molecule has 0 spiro atoms. The predicted molar refractivity (Wildman–Crippen MR) is 122 cm³/mol. The monoisotopic (exact) mass is 419 g/mol. The van der Waals surface area contributed by atoms with Gasteiger partial charge in [0.2, 0.25) is 0 Å². The summed E-state index contributed by atoms with van der Waals surface area (Å²) in [6, 6.07) is 10.2. The number of nitrogens with zero attached hydrogens (tertiary/aromatic N) is 3. The van der Waals surface area contributed by atoms with Crippen LogP contribution >= 0.6 is 0 Å². The summed E-state index contributed by atoms with van der Waals surface area (Å²) in [4.78, 5) is 18.3. The third-order valence-electron chi connectivity index (χ3n) is 5.96. The number of hydrogen-bond acceptors (Lipinski definition) is 4. The van der Waals surface area contributed by atoms with Gasteiger partial charge in [0.1, 0.15) is 5.49 Å². The van der Waals surface area contributed by atoms with Crippen molar-refractivity contribution >= 4 is 5.69 Å². The number of aryl methyl sites for hydroxylation is 4. The van der Waals surface area contributed by atoms with Gasteiger partial charge in [-0.15, -0.1) is 0 Å². The molecule has 0 fully saturated rings. The van der Waals surface area contributed by atoms with Crippen LogP contribution < -0.4 is 20.7 Å². The highest BCUT2D eigenvalue weighted by Gasteiger charge is 2.22. The van der Waals surface area contributed by atoms with Gasteiger partial charge in [-0.1, -0.05) is 17.7 Å². The average molecular weight is 420 g/mol. The van der Waals surface area contributed by atoms with Crippen LogP contribution in [0.5, 0.6) is 11.5 Å². The molecule has 0 atom stereocenters. The second-order valence-electron chi connectivity index (χ2n) is 8.04. The van der Waals surface area contributed by atoms with E-state index in [4.69, 9.17) is 14.5 Å². The molecule has 1 aliphatic rings. The van der Waals surface area contributed by atoms with Crippen LogP contribution in [0, 0.1) is 20.8 Å². The first-order valence-electron chi connectivity index (χ1n) is 10.6. The molecule has 0 saturated heterocycles. The second-order valence-corrected chi connectivity index (χ2v) is 8.04. The van der Waals surface area contributed by atoms with Crippen LogP contribution in [-0.4, -0.2) is 23.4 Å². The Morgan fingerprint density at radius 3 is 2.23 bits per heavy atom. The van der Waals surface area contributed by atoms with Gasteiger partial charge < -0.3 is 9.47 Å². The number of ether oxygens (including phenoxy) is 2. The first kappa shape index (κ1) is 21.0. The highest BCUT2D eigenvalue weighted by molar-refractivity contribution is 5.70. The maximum atomic E-state index is 13.4. The molecule has 0 bridgehead atoms. The zero-order valence-electron chi connectivity index (χ0n) is 19.1. The Labute approximate surface area is 182 Å². The maximum absolute atomic E-state index is 13.4. The van der Waals surface area contributed by atoms with Gasteiger partial charge in [-0.25, -0.2) is 9.79 Å². The Balaban J connectivity index is 2.02. The van der Waals surface area contributed by atoms with E-state index < -0.39 is 0 Å². The van der Waals surface area contributed by atoms with Crippen LogP contribution in [0.3, 0.4) is 0 Å². The summed E-state index contributed by atoms with van der Waals surface area (Å²) < 4.78 is 14.6. The minimum Gasteiger partial charge on any atom is -0.493 e. The Kier molecular flexibility index (Phi) is 5.48. The van der Waals surface area contributed by atoms with Gasteiger partial charge >= 0.3 is 5.69 Å². The van der Waals surface area contributed by atoms with Crippen molar-refractivity contribution in [2.45, 2.75) is 47.2 Å². The highest BCUT2D eigenvalue weighted by Crippen LogP contribution is 2.37. The van der Waals surface area contributed by atoms with Gasteiger partial charge in [-0.3, -0.25) is 9.13 Å². The summed E-state index contributed by atoms with van der Waals surface area (Å²) in [7, 11) is 3.26. The van der Waals surface area contributed by atoms with Gasteiger partial charge in [0.25, 0.3) is 0 Å². The maximum Gasteiger partial charge on any atom is 0.330 e. The molecule has 0 N–H and O–H groups in total. The average Bonchev–Trinajstić information content (AvgIpc) is 2.75. The number of benzene rings is 2. The molecule has 6 heteroatoms. The zero-order valence-corrected chi connectivity index (χ0v) is 19.1. The summed E-state index contributed by atoms with van der Waals surface area (Å²) in [5.74, 6) is 1.35. The van der Waals surface area contributed by atoms with Crippen molar-refractivity contribution in [2.24, 2.45) is 4.99 Å². The van der Waals surface area contributed by atoms with Gasteiger partial charge in [-0.05, 0) is 62.9 Å². The molecule has 31 heavy (non-hydrogen) atoms. The minimum atomic E-state index is -0.0402. The van der Waals surface area contributed by atoms with Gasteiger partial charge in [0, 0.05) is 24.7 Å². The summed E-state index contributed by atoms with van der Waals surface area (Å²) in [6.45, 7) is 9.37. The fourth-order valence-corrected chi connectivity index (χ4v) is 4.52. The van der Waals surface area contributed by atoms with E-state index in [1.165, 1.54) is 5.56 Å². The van der Waals surface area contributed by atoms with Gasteiger partial charge in [0.05, 0.1) is 25.6 Å². The topological polar surface area (TPSA) is 57.8 Å². The molecule has 3 aromatic rings. The lowest BCUT2D eigenvalue weighted by Crippen LogP contribution is -2.41. The molecular weight excluding hydrogens is 390 g/mol. The van der Waals surface area contributed by atoms with Crippen molar-refractivity contribution in [1.29, 1.82) is 0 Å². The van der Waals surface area contributed by atoms with Crippen molar-refractivity contribution in [3.8, 4) is 22.8 Å². The first-order valence-corrected chi connectivity index (χ1v) is 10.6. The van der Waals surface area contributed by atoms with E-state index in [2.05, 4.69) is 32.9 Å². The summed E-state index contributed by atoms with van der Waals surface area (Å²) in [5, 5.41) is 0. The SMILES string of the molecule is CCn1c(=O)n2c(c/c1=N\c1c(C)cc(C)cc1C)-c1cc(OC)c(OC)cc1CC2. The number of methoxy groups -OCH3 is 2. The molecule has 1 aliphatic heterocycles. The van der Waals surface area contributed by atoms with Gasteiger partial charge in [-0.2, -0.15) is 0 Å². The van der Waals surface area contributed by atoms with Crippen molar-refractivity contribution < 1.29 is 9.47 Å². The van der Waals surface area contributed by atoms with Crippen LogP contribution in [0.15, 0.2) is 40.1 Å². The molecule has 6 nitrogen and oxygen atoms in total. The predicted octanol–water partition coefficient (Wildman–Crippen LogP) is 4.07.